The van der Waals surface area contributed by atoms with E-state index in [0.29, 0.717) is 30.4 Å². The molecule has 0 aromatic heterocycles. The van der Waals surface area contributed by atoms with E-state index in [1.54, 1.807) is 19.2 Å². The number of aryl methyl sites for hydroxylation is 2. The molecule has 38 heavy (non-hydrogen) atoms. The van der Waals surface area contributed by atoms with Crippen LogP contribution in [0.5, 0.6) is 5.75 Å². The topological polar surface area (TPSA) is 55.8 Å². The second-order valence-electron chi connectivity index (χ2n) is 11.8. The van der Waals surface area contributed by atoms with Crippen molar-refractivity contribution in [1.29, 1.82) is 0 Å². The Morgan fingerprint density at radius 3 is 2.53 bits per heavy atom. The van der Waals surface area contributed by atoms with E-state index in [0.717, 1.165) is 27.8 Å². The third kappa shape index (κ3) is 4.49. The van der Waals surface area contributed by atoms with E-state index in [2.05, 4.69) is 20.8 Å². The van der Waals surface area contributed by atoms with E-state index in [4.69, 9.17) is 9.47 Å². The minimum atomic E-state index is -0.868. The van der Waals surface area contributed by atoms with Gasteiger partial charge in [-0.25, -0.2) is 8.78 Å². The highest BCUT2D eigenvalue weighted by molar-refractivity contribution is 5.78. The number of fused-ring (bicyclic) bond motifs is 2. The van der Waals surface area contributed by atoms with Gasteiger partial charge >= 0.3 is 5.97 Å². The number of hydrogen-bond acceptors (Lipinski definition) is 3. The van der Waals surface area contributed by atoms with Gasteiger partial charge in [-0.3, -0.25) is 4.79 Å². The summed E-state index contributed by atoms with van der Waals surface area (Å²) in [6, 6.07) is 14.2. The number of ether oxygens (including phenoxy) is 2. The Morgan fingerprint density at radius 1 is 1.11 bits per heavy atom. The van der Waals surface area contributed by atoms with Crippen molar-refractivity contribution in [2.75, 3.05) is 7.11 Å². The molecule has 1 N–H and O–H groups in total. The molecular weight excluding hydrogens is 486 g/mol. The normalized spacial score (nSPS) is 20.9. The van der Waals surface area contributed by atoms with Gasteiger partial charge in [-0.05, 0) is 78.1 Å². The molecule has 5 rings (SSSR count). The highest BCUT2D eigenvalue weighted by Crippen LogP contribution is 2.62. The van der Waals surface area contributed by atoms with Crippen LogP contribution in [-0.2, 0) is 28.0 Å². The van der Waals surface area contributed by atoms with Crippen LogP contribution in [0.4, 0.5) is 8.78 Å². The molecular formula is C32H34F2O4. The number of hydrogen-bond donors (Lipinski definition) is 1. The average Bonchev–Trinajstić information content (AvgIpc) is 3.47. The molecule has 200 valence electrons. The van der Waals surface area contributed by atoms with Gasteiger partial charge in [0.15, 0.2) is 11.6 Å². The van der Waals surface area contributed by atoms with Gasteiger partial charge < -0.3 is 14.6 Å². The molecule has 0 aliphatic heterocycles. The third-order valence-corrected chi connectivity index (χ3v) is 8.13. The highest BCUT2D eigenvalue weighted by Gasteiger charge is 2.63. The molecule has 2 aliphatic rings. The summed E-state index contributed by atoms with van der Waals surface area (Å²) >= 11 is 0. The number of carbonyl (C=O) groups is 1. The zero-order chi connectivity index (χ0) is 27.4. The number of benzene rings is 3. The second-order valence-corrected chi connectivity index (χ2v) is 11.8. The predicted molar refractivity (Wildman–Crippen MR) is 142 cm³/mol. The fraction of sp³-hybridized carbons (Fsp3) is 0.406. The van der Waals surface area contributed by atoms with Crippen molar-refractivity contribution < 1.29 is 28.2 Å². The molecule has 3 aromatic rings. The zero-order valence-electron chi connectivity index (χ0n) is 22.5. The van der Waals surface area contributed by atoms with Gasteiger partial charge in [0.2, 0.25) is 0 Å². The van der Waals surface area contributed by atoms with Gasteiger partial charge in [-0.15, -0.1) is 0 Å². The lowest BCUT2D eigenvalue weighted by Crippen LogP contribution is -2.21. The molecule has 1 fully saturated rings. The van der Waals surface area contributed by atoms with E-state index >= 15 is 4.39 Å². The monoisotopic (exact) mass is 520 g/mol. The Morgan fingerprint density at radius 2 is 1.87 bits per heavy atom. The maximum absolute atomic E-state index is 15.7. The van der Waals surface area contributed by atoms with Crippen LogP contribution < -0.4 is 4.74 Å². The van der Waals surface area contributed by atoms with Crippen LogP contribution in [0.15, 0.2) is 48.5 Å². The SMILES string of the molecule is CO[C@@H](c1cc(COc2ccc3c(c2F)[C@]2(CC3)C[C@H]2C(=O)O)ccc1-c1cc(C)ccc1F)C(C)(C)C. The molecule has 3 atom stereocenters. The first-order valence-corrected chi connectivity index (χ1v) is 13.1. The van der Waals surface area contributed by atoms with E-state index in [1.165, 1.54) is 6.07 Å². The van der Waals surface area contributed by atoms with Crippen molar-refractivity contribution in [3.63, 3.8) is 0 Å². The minimum absolute atomic E-state index is 0.106. The quantitative estimate of drug-likeness (QED) is 0.350. The van der Waals surface area contributed by atoms with Crippen LogP contribution in [0.25, 0.3) is 11.1 Å². The van der Waals surface area contributed by atoms with Gasteiger partial charge in [0.25, 0.3) is 0 Å². The maximum Gasteiger partial charge on any atom is 0.307 e. The van der Waals surface area contributed by atoms with Crippen LogP contribution in [0.3, 0.4) is 0 Å². The van der Waals surface area contributed by atoms with Crippen molar-refractivity contribution in [3.8, 4) is 16.9 Å². The second kappa shape index (κ2) is 9.49. The first kappa shape index (κ1) is 26.4. The smallest absolute Gasteiger partial charge is 0.307 e. The van der Waals surface area contributed by atoms with Crippen LogP contribution in [0.1, 0.15) is 67.5 Å². The molecule has 0 bridgehead atoms. The van der Waals surface area contributed by atoms with E-state index < -0.39 is 23.1 Å². The fourth-order valence-corrected chi connectivity index (χ4v) is 6.24. The van der Waals surface area contributed by atoms with Crippen molar-refractivity contribution in [2.45, 2.75) is 65.1 Å². The van der Waals surface area contributed by atoms with E-state index in [1.807, 2.05) is 37.3 Å². The first-order valence-electron chi connectivity index (χ1n) is 13.1. The summed E-state index contributed by atoms with van der Waals surface area (Å²) in [5.74, 6) is -2.04. The molecule has 2 aliphatic carbocycles. The molecule has 4 nitrogen and oxygen atoms in total. The molecule has 0 heterocycles. The van der Waals surface area contributed by atoms with Crippen molar-refractivity contribution >= 4 is 5.97 Å². The Labute approximate surface area is 222 Å². The summed E-state index contributed by atoms with van der Waals surface area (Å²) < 4.78 is 42.5. The van der Waals surface area contributed by atoms with Crippen LogP contribution in [-0.4, -0.2) is 18.2 Å². The van der Waals surface area contributed by atoms with Crippen LogP contribution in [0.2, 0.25) is 0 Å². The van der Waals surface area contributed by atoms with Crippen LogP contribution >= 0.6 is 0 Å². The summed E-state index contributed by atoms with van der Waals surface area (Å²) in [4.78, 5) is 11.6. The Balaban J connectivity index is 1.48. The Hall–Kier alpha value is -3.25. The fourth-order valence-electron chi connectivity index (χ4n) is 6.24. The summed E-state index contributed by atoms with van der Waals surface area (Å²) in [6.45, 7) is 8.24. The number of halogens is 2. The number of carboxylic acids is 1. The number of aliphatic carboxylic acids is 1. The van der Waals surface area contributed by atoms with Crippen molar-refractivity contribution in [3.05, 3.63) is 88.0 Å². The summed E-state index contributed by atoms with van der Waals surface area (Å²) in [5.41, 5.74) is 4.36. The molecule has 0 saturated heterocycles. The summed E-state index contributed by atoms with van der Waals surface area (Å²) in [7, 11) is 1.65. The molecule has 0 radical (unpaired) electrons. The molecule has 0 unspecified atom stereocenters. The lowest BCUT2D eigenvalue weighted by atomic mass is 9.81. The Kier molecular flexibility index (Phi) is 6.59. The molecule has 6 heteroatoms. The molecule has 0 amide bonds. The van der Waals surface area contributed by atoms with Crippen molar-refractivity contribution in [1.82, 2.24) is 0 Å². The number of methoxy groups -OCH3 is 1. The Bertz CT molecular complexity index is 1410. The van der Waals surface area contributed by atoms with Crippen LogP contribution in [0, 0.1) is 29.9 Å². The third-order valence-electron chi connectivity index (χ3n) is 8.13. The molecule has 3 aromatic carbocycles. The molecule has 1 spiro atoms. The first-order chi connectivity index (χ1) is 18.0. The van der Waals surface area contributed by atoms with Gasteiger partial charge in [0.1, 0.15) is 12.4 Å². The van der Waals surface area contributed by atoms with E-state index in [9.17, 15) is 14.3 Å². The predicted octanol–water partition coefficient (Wildman–Crippen LogP) is 7.54. The lowest BCUT2D eigenvalue weighted by molar-refractivity contribution is -0.139. The van der Waals surface area contributed by atoms with Gasteiger partial charge in [0, 0.05) is 23.7 Å². The largest absolute Gasteiger partial charge is 0.486 e. The molecule has 1 saturated carbocycles. The van der Waals surface area contributed by atoms with Gasteiger partial charge in [-0.2, -0.15) is 0 Å². The zero-order valence-corrected chi connectivity index (χ0v) is 22.5. The number of carboxylic acid groups (broad SMARTS) is 1. The summed E-state index contributed by atoms with van der Waals surface area (Å²) in [6.07, 6.45) is 1.49. The van der Waals surface area contributed by atoms with Crippen molar-refractivity contribution in [2.24, 2.45) is 11.3 Å². The van der Waals surface area contributed by atoms with Gasteiger partial charge in [-0.1, -0.05) is 50.6 Å². The van der Waals surface area contributed by atoms with E-state index in [-0.39, 0.29) is 29.7 Å². The summed E-state index contributed by atoms with van der Waals surface area (Å²) in [5, 5.41) is 9.51. The number of rotatable bonds is 7. The highest BCUT2D eigenvalue weighted by atomic mass is 19.1. The maximum atomic E-state index is 15.7. The van der Waals surface area contributed by atoms with Gasteiger partial charge in [0.05, 0.1) is 12.0 Å². The lowest BCUT2D eigenvalue weighted by Gasteiger charge is -2.32. The minimum Gasteiger partial charge on any atom is -0.486 e. The average molecular weight is 521 g/mol. The standard InChI is InChI=1S/C32H34F2O4/c1-18-6-10-25(33)22(14-18)21-9-7-19(15-23(21)29(37-5)31(2,3)4)17-38-26-11-8-20-12-13-32(27(20)28(26)34)16-24(32)30(35)36/h6-11,14-15,24,29H,12-13,16-17H2,1-5H3,(H,35,36)/t24-,29-,32+/m0/s1.